The largest absolute Gasteiger partial charge is 0.416 e. The zero-order chi connectivity index (χ0) is 14.3. The van der Waals surface area contributed by atoms with Crippen LogP contribution < -0.4 is 5.69 Å². The third kappa shape index (κ3) is 2.22. The zero-order valence-corrected chi connectivity index (χ0v) is 10.5. The second-order valence-corrected chi connectivity index (χ2v) is 4.85. The number of hydrogen-bond donors (Lipinski definition) is 1. The predicted octanol–water partition coefficient (Wildman–Crippen LogP) is 3.05. The smallest absolute Gasteiger partial charge is 0.358 e. The van der Waals surface area contributed by atoms with E-state index in [0.29, 0.717) is 18.5 Å². The fraction of sp³-hybridized carbons (Fsp3) is 0.462. The molecule has 1 atom stereocenters. The van der Waals surface area contributed by atoms with E-state index >= 15 is 0 Å². The van der Waals surface area contributed by atoms with Crippen LogP contribution in [-0.4, -0.2) is 16.2 Å². The summed E-state index contributed by atoms with van der Waals surface area (Å²) in [5, 5.41) is 0. The van der Waals surface area contributed by atoms with Gasteiger partial charge in [0.15, 0.2) is 0 Å². The lowest BCUT2D eigenvalue weighted by atomic mass is 10.1. The SMILES string of the molecule is O=c1[nH]c2cc(C(F)(F)F)ccc2n1C1CCCCO1. The van der Waals surface area contributed by atoms with Crippen LogP contribution >= 0.6 is 0 Å². The number of benzene rings is 1. The first-order valence-corrected chi connectivity index (χ1v) is 6.40. The van der Waals surface area contributed by atoms with Crippen molar-refractivity contribution in [3.05, 3.63) is 34.2 Å². The van der Waals surface area contributed by atoms with Gasteiger partial charge in [-0.25, -0.2) is 4.79 Å². The molecule has 0 saturated carbocycles. The number of nitrogens with one attached hydrogen (secondary N) is 1. The van der Waals surface area contributed by atoms with E-state index in [4.69, 9.17) is 4.74 Å². The van der Waals surface area contributed by atoms with Gasteiger partial charge in [-0.05, 0) is 37.5 Å². The maximum Gasteiger partial charge on any atom is 0.416 e. The molecule has 108 valence electrons. The molecule has 1 N–H and O–H groups in total. The summed E-state index contributed by atoms with van der Waals surface area (Å²) in [4.78, 5) is 14.4. The fourth-order valence-corrected chi connectivity index (χ4v) is 2.52. The summed E-state index contributed by atoms with van der Waals surface area (Å²) >= 11 is 0. The summed E-state index contributed by atoms with van der Waals surface area (Å²) in [6.45, 7) is 0.560. The molecule has 4 nitrogen and oxygen atoms in total. The van der Waals surface area contributed by atoms with Crippen LogP contribution in [-0.2, 0) is 10.9 Å². The van der Waals surface area contributed by atoms with E-state index in [9.17, 15) is 18.0 Å². The predicted molar refractivity (Wildman–Crippen MR) is 66.4 cm³/mol. The molecular formula is C13H13F3N2O2. The normalized spacial score (nSPS) is 20.4. The third-order valence-electron chi connectivity index (χ3n) is 3.49. The summed E-state index contributed by atoms with van der Waals surface area (Å²) in [6.07, 6.45) is -2.26. The molecule has 1 aliphatic heterocycles. The van der Waals surface area contributed by atoms with E-state index in [2.05, 4.69) is 4.98 Å². The zero-order valence-electron chi connectivity index (χ0n) is 10.5. The minimum Gasteiger partial charge on any atom is -0.358 e. The van der Waals surface area contributed by atoms with Gasteiger partial charge in [-0.1, -0.05) is 0 Å². The Morgan fingerprint density at radius 2 is 2.10 bits per heavy atom. The van der Waals surface area contributed by atoms with Gasteiger partial charge in [-0.3, -0.25) is 4.57 Å². The fourth-order valence-electron chi connectivity index (χ4n) is 2.52. The molecule has 7 heteroatoms. The summed E-state index contributed by atoms with van der Waals surface area (Å²) in [6, 6.07) is 3.25. The Morgan fingerprint density at radius 1 is 1.30 bits per heavy atom. The van der Waals surface area contributed by atoms with Crippen molar-refractivity contribution in [2.24, 2.45) is 0 Å². The molecule has 1 aliphatic rings. The van der Waals surface area contributed by atoms with E-state index in [1.807, 2.05) is 0 Å². The van der Waals surface area contributed by atoms with Crippen molar-refractivity contribution in [2.45, 2.75) is 31.7 Å². The van der Waals surface area contributed by atoms with Crippen molar-refractivity contribution < 1.29 is 17.9 Å². The van der Waals surface area contributed by atoms with Gasteiger partial charge in [0.25, 0.3) is 0 Å². The summed E-state index contributed by atoms with van der Waals surface area (Å²) in [7, 11) is 0. The molecule has 0 radical (unpaired) electrons. The van der Waals surface area contributed by atoms with Crippen molar-refractivity contribution >= 4 is 11.0 Å². The number of halogens is 3. The monoisotopic (exact) mass is 286 g/mol. The highest BCUT2D eigenvalue weighted by atomic mass is 19.4. The minimum absolute atomic E-state index is 0.180. The summed E-state index contributed by atoms with van der Waals surface area (Å²) < 4.78 is 44.9. The average Bonchev–Trinajstić information content (AvgIpc) is 2.73. The molecule has 0 amide bonds. The highest BCUT2D eigenvalue weighted by Crippen LogP contribution is 2.32. The molecule has 20 heavy (non-hydrogen) atoms. The van der Waals surface area contributed by atoms with Crippen LogP contribution in [0.1, 0.15) is 31.1 Å². The van der Waals surface area contributed by atoms with Gasteiger partial charge < -0.3 is 9.72 Å². The van der Waals surface area contributed by atoms with E-state index in [-0.39, 0.29) is 5.52 Å². The van der Waals surface area contributed by atoms with Crippen LogP contribution in [0, 0.1) is 0 Å². The average molecular weight is 286 g/mol. The van der Waals surface area contributed by atoms with E-state index in [0.717, 1.165) is 25.0 Å². The number of ether oxygens (including phenoxy) is 1. The maximum atomic E-state index is 12.7. The van der Waals surface area contributed by atoms with Crippen molar-refractivity contribution in [3.8, 4) is 0 Å². The maximum absolute atomic E-state index is 12.7. The molecule has 0 bridgehead atoms. The second kappa shape index (κ2) is 4.66. The number of nitrogens with zero attached hydrogens (tertiary/aromatic N) is 1. The number of aromatic nitrogens is 2. The molecule has 0 aliphatic carbocycles. The third-order valence-corrected chi connectivity index (χ3v) is 3.49. The van der Waals surface area contributed by atoms with Crippen molar-refractivity contribution in [1.82, 2.24) is 9.55 Å². The first kappa shape index (κ1) is 13.2. The molecule has 1 fully saturated rings. The number of fused-ring (bicyclic) bond motifs is 1. The van der Waals surface area contributed by atoms with Crippen LogP contribution in [0.25, 0.3) is 11.0 Å². The van der Waals surface area contributed by atoms with E-state index < -0.39 is 23.7 Å². The number of hydrogen-bond acceptors (Lipinski definition) is 2. The van der Waals surface area contributed by atoms with E-state index in [1.165, 1.54) is 10.6 Å². The Bertz CT molecular complexity index is 681. The Kier molecular flexibility index (Phi) is 3.08. The lowest BCUT2D eigenvalue weighted by molar-refractivity contribution is -0.137. The number of H-pyrrole nitrogens is 1. The Morgan fingerprint density at radius 3 is 2.75 bits per heavy atom. The molecule has 2 heterocycles. The second-order valence-electron chi connectivity index (χ2n) is 4.85. The van der Waals surface area contributed by atoms with Crippen LogP contribution in [0.3, 0.4) is 0 Å². The van der Waals surface area contributed by atoms with E-state index in [1.54, 1.807) is 0 Å². The van der Waals surface area contributed by atoms with Crippen molar-refractivity contribution in [3.63, 3.8) is 0 Å². The molecule has 0 spiro atoms. The topological polar surface area (TPSA) is 47.0 Å². The molecule has 1 aromatic carbocycles. The highest BCUT2D eigenvalue weighted by molar-refractivity contribution is 5.76. The molecule has 2 aromatic rings. The number of rotatable bonds is 1. The van der Waals surface area contributed by atoms with Crippen molar-refractivity contribution in [2.75, 3.05) is 6.61 Å². The molecule has 1 unspecified atom stereocenters. The quantitative estimate of drug-likeness (QED) is 0.875. The first-order chi connectivity index (χ1) is 9.47. The van der Waals surface area contributed by atoms with Gasteiger partial charge in [0.05, 0.1) is 16.6 Å². The number of alkyl halides is 3. The van der Waals surface area contributed by atoms with Gasteiger partial charge in [0.1, 0.15) is 6.23 Å². The van der Waals surface area contributed by atoms with Crippen molar-refractivity contribution in [1.29, 1.82) is 0 Å². The van der Waals surface area contributed by atoms with Gasteiger partial charge in [0.2, 0.25) is 0 Å². The Labute approximate surface area is 112 Å². The summed E-state index contributed by atoms with van der Waals surface area (Å²) in [5.41, 5.74) is -0.594. The number of imidazole rings is 1. The molecule has 3 rings (SSSR count). The van der Waals surface area contributed by atoms with Crippen LogP contribution in [0.4, 0.5) is 13.2 Å². The molecule has 1 aromatic heterocycles. The Balaban J connectivity index is 2.10. The van der Waals surface area contributed by atoms with Gasteiger partial charge >= 0.3 is 11.9 Å². The standard InChI is InChI=1S/C13H13F3N2O2/c14-13(15,16)8-4-5-10-9(7-8)17-12(19)18(10)11-3-1-2-6-20-11/h4-5,7,11H,1-3,6H2,(H,17,19). The minimum atomic E-state index is -4.42. The lowest BCUT2D eigenvalue weighted by Gasteiger charge is -2.23. The van der Waals surface area contributed by atoms with Gasteiger partial charge in [-0.15, -0.1) is 0 Å². The van der Waals surface area contributed by atoms with Crippen LogP contribution in [0.15, 0.2) is 23.0 Å². The number of aromatic amines is 1. The Hall–Kier alpha value is -1.76. The highest BCUT2D eigenvalue weighted by Gasteiger charge is 2.31. The van der Waals surface area contributed by atoms with Crippen LogP contribution in [0.5, 0.6) is 0 Å². The molecule has 1 saturated heterocycles. The first-order valence-electron chi connectivity index (χ1n) is 6.40. The lowest BCUT2D eigenvalue weighted by Crippen LogP contribution is -2.26. The molecular weight excluding hydrogens is 273 g/mol. The van der Waals surface area contributed by atoms with Gasteiger partial charge in [0, 0.05) is 6.61 Å². The van der Waals surface area contributed by atoms with Crippen LogP contribution in [0.2, 0.25) is 0 Å². The van der Waals surface area contributed by atoms with Gasteiger partial charge in [-0.2, -0.15) is 13.2 Å². The summed E-state index contributed by atoms with van der Waals surface area (Å²) in [5.74, 6) is 0.